The minimum atomic E-state index is -0.157. The molecule has 1 N–H and O–H groups in total. The normalized spacial score (nSPS) is 17.2. The summed E-state index contributed by atoms with van der Waals surface area (Å²) in [5, 5.41) is 2.92. The lowest BCUT2D eigenvalue weighted by molar-refractivity contribution is 0.0934. The maximum absolute atomic E-state index is 12.1. The van der Waals surface area contributed by atoms with Crippen LogP contribution >= 0.6 is 0 Å². The Labute approximate surface area is 155 Å². The van der Waals surface area contributed by atoms with Crippen molar-refractivity contribution in [1.82, 2.24) is 15.2 Å². The maximum Gasteiger partial charge on any atom is 0.273 e. The summed E-state index contributed by atoms with van der Waals surface area (Å²) in [7, 11) is 0. The molecule has 2 aromatic rings. The number of nitrogens with one attached hydrogen (secondary N) is 1. The lowest BCUT2D eigenvalue weighted by Crippen LogP contribution is -2.34. The molecular weight excluding hydrogens is 326 g/mol. The second-order valence-corrected chi connectivity index (χ2v) is 7.32. The van der Waals surface area contributed by atoms with Crippen molar-refractivity contribution in [3.63, 3.8) is 0 Å². The van der Waals surface area contributed by atoms with Crippen LogP contribution < -0.4 is 5.32 Å². The summed E-state index contributed by atoms with van der Waals surface area (Å²) < 4.78 is 5.51. The highest BCUT2D eigenvalue weighted by Crippen LogP contribution is 2.22. The van der Waals surface area contributed by atoms with Crippen molar-refractivity contribution in [2.45, 2.75) is 52.1 Å². The Balaban J connectivity index is 1.45. The van der Waals surface area contributed by atoms with Gasteiger partial charge in [0.1, 0.15) is 6.26 Å². The van der Waals surface area contributed by atoms with Crippen LogP contribution in [0.15, 0.2) is 41.0 Å². The zero-order valence-electron chi connectivity index (χ0n) is 15.8. The van der Waals surface area contributed by atoms with Crippen LogP contribution in [0.2, 0.25) is 0 Å². The number of hydrogen-bond donors (Lipinski definition) is 1. The molecule has 1 aromatic carbocycles. The van der Waals surface area contributed by atoms with Crippen molar-refractivity contribution in [2.24, 2.45) is 5.92 Å². The van der Waals surface area contributed by atoms with Gasteiger partial charge in [0, 0.05) is 6.04 Å². The molecule has 2 heterocycles. The van der Waals surface area contributed by atoms with E-state index in [0.717, 1.165) is 31.8 Å². The number of amides is 1. The molecule has 1 aromatic heterocycles. The predicted octanol–water partition coefficient (Wildman–Crippen LogP) is 3.66. The van der Waals surface area contributed by atoms with Gasteiger partial charge in [-0.3, -0.25) is 9.69 Å². The topological polar surface area (TPSA) is 58.4 Å². The van der Waals surface area contributed by atoms with E-state index in [2.05, 4.69) is 45.5 Å². The van der Waals surface area contributed by atoms with Crippen molar-refractivity contribution in [1.29, 1.82) is 0 Å². The van der Waals surface area contributed by atoms with Gasteiger partial charge in [-0.2, -0.15) is 0 Å². The number of likely N-dealkylation sites (tertiary alicyclic amines) is 1. The maximum atomic E-state index is 12.1. The highest BCUT2D eigenvalue weighted by molar-refractivity contribution is 5.92. The molecule has 0 bridgehead atoms. The van der Waals surface area contributed by atoms with E-state index in [-0.39, 0.29) is 11.9 Å². The van der Waals surface area contributed by atoms with Gasteiger partial charge in [0.25, 0.3) is 5.91 Å². The molecule has 1 aliphatic rings. The molecule has 1 aliphatic heterocycles. The number of aromatic nitrogens is 1. The van der Waals surface area contributed by atoms with E-state index < -0.39 is 0 Å². The molecule has 1 saturated heterocycles. The average molecular weight is 355 g/mol. The second-order valence-electron chi connectivity index (χ2n) is 7.32. The molecule has 26 heavy (non-hydrogen) atoms. The molecule has 1 atom stereocenters. The van der Waals surface area contributed by atoms with Crippen LogP contribution in [0.1, 0.15) is 55.1 Å². The number of carbonyl (C=O) groups excluding carboxylic acids is 1. The smallest absolute Gasteiger partial charge is 0.273 e. The third-order valence-electron chi connectivity index (χ3n) is 5.21. The van der Waals surface area contributed by atoms with Crippen LogP contribution in [0, 0.1) is 5.92 Å². The largest absolute Gasteiger partial charge is 0.447 e. The minimum Gasteiger partial charge on any atom is -0.447 e. The molecular formula is C21H29N3O2. The van der Waals surface area contributed by atoms with E-state index in [0.29, 0.717) is 18.1 Å². The van der Waals surface area contributed by atoms with E-state index in [1.165, 1.54) is 24.7 Å². The fourth-order valence-corrected chi connectivity index (χ4v) is 3.37. The molecule has 0 spiro atoms. The first-order valence-corrected chi connectivity index (χ1v) is 9.65. The third kappa shape index (κ3) is 5.18. The summed E-state index contributed by atoms with van der Waals surface area (Å²) in [5.74, 6) is 1.21. The van der Waals surface area contributed by atoms with Gasteiger partial charge in [-0.15, -0.1) is 0 Å². The Kier molecular flexibility index (Phi) is 6.45. The van der Waals surface area contributed by atoms with E-state index in [9.17, 15) is 4.79 Å². The number of piperidine rings is 1. The van der Waals surface area contributed by atoms with Crippen LogP contribution in [0.4, 0.5) is 0 Å². The summed E-state index contributed by atoms with van der Waals surface area (Å²) in [5.41, 5.74) is 1.80. The fraction of sp³-hybridized carbons (Fsp3) is 0.524. The van der Waals surface area contributed by atoms with Crippen LogP contribution in [-0.4, -0.2) is 34.9 Å². The van der Waals surface area contributed by atoms with Crippen LogP contribution in [0.3, 0.4) is 0 Å². The summed E-state index contributed by atoms with van der Waals surface area (Å²) in [4.78, 5) is 18.8. The molecule has 5 heteroatoms. The fourth-order valence-electron chi connectivity index (χ4n) is 3.37. The molecule has 1 fully saturated rings. The summed E-state index contributed by atoms with van der Waals surface area (Å²) in [6.45, 7) is 6.80. The Morgan fingerprint density at radius 3 is 2.73 bits per heavy atom. The Morgan fingerprint density at radius 1 is 1.31 bits per heavy atom. The van der Waals surface area contributed by atoms with Crippen molar-refractivity contribution in [3.05, 3.63) is 53.7 Å². The molecule has 0 aliphatic carbocycles. The molecule has 0 saturated carbocycles. The molecule has 5 nitrogen and oxygen atoms in total. The summed E-state index contributed by atoms with van der Waals surface area (Å²) in [6, 6.07) is 10.9. The lowest BCUT2D eigenvalue weighted by Gasteiger charge is -2.31. The average Bonchev–Trinajstić information content (AvgIpc) is 3.13. The van der Waals surface area contributed by atoms with Crippen molar-refractivity contribution in [2.75, 3.05) is 13.1 Å². The number of benzene rings is 1. The van der Waals surface area contributed by atoms with E-state index in [1.807, 2.05) is 13.8 Å². The second kappa shape index (κ2) is 8.99. The van der Waals surface area contributed by atoms with Gasteiger partial charge in [0.05, 0.1) is 6.54 Å². The Morgan fingerprint density at radius 2 is 2.04 bits per heavy atom. The van der Waals surface area contributed by atoms with Gasteiger partial charge < -0.3 is 9.73 Å². The number of carbonyl (C=O) groups is 1. The number of nitrogens with zero attached hydrogens (tertiary/aromatic N) is 2. The van der Waals surface area contributed by atoms with E-state index >= 15 is 0 Å². The molecule has 3 rings (SSSR count). The van der Waals surface area contributed by atoms with Crippen molar-refractivity contribution < 1.29 is 9.21 Å². The molecule has 0 unspecified atom stereocenters. The van der Waals surface area contributed by atoms with Crippen LogP contribution in [-0.2, 0) is 13.0 Å². The van der Waals surface area contributed by atoms with E-state index in [4.69, 9.17) is 4.42 Å². The van der Waals surface area contributed by atoms with Gasteiger partial charge in [0.2, 0.25) is 5.89 Å². The van der Waals surface area contributed by atoms with E-state index in [1.54, 1.807) is 0 Å². The zero-order chi connectivity index (χ0) is 18.4. The Hall–Kier alpha value is -2.14. The van der Waals surface area contributed by atoms with Crippen LogP contribution in [0.5, 0.6) is 0 Å². The Bertz CT molecular complexity index is 690. The van der Waals surface area contributed by atoms with Gasteiger partial charge in [-0.05, 0) is 57.2 Å². The molecule has 140 valence electrons. The predicted molar refractivity (Wildman–Crippen MR) is 102 cm³/mol. The SMILES string of the molecule is CC[C@@H](C)NC(=O)c1coc(CN2CCC(Cc3ccccc3)CC2)n1. The number of hydrogen-bond acceptors (Lipinski definition) is 4. The quantitative estimate of drug-likeness (QED) is 0.823. The monoisotopic (exact) mass is 355 g/mol. The molecule has 0 radical (unpaired) electrons. The molecule has 1 amide bonds. The first kappa shape index (κ1) is 18.6. The highest BCUT2D eigenvalue weighted by Gasteiger charge is 2.21. The van der Waals surface area contributed by atoms with Gasteiger partial charge in [-0.25, -0.2) is 4.98 Å². The number of rotatable bonds is 7. The third-order valence-corrected chi connectivity index (χ3v) is 5.21. The standard InChI is InChI=1S/C21H29N3O2/c1-3-16(2)22-21(25)19-15-26-20(23-19)14-24-11-9-18(10-12-24)13-17-7-5-4-6-8-17/h4-8,15-16,18H,3,9-14H2,1-2H3,(H,22,25)/t16-/m1/s1. The highest BCUT2D eigenvalue weighted by atomic mass is 16.3. The summed E-state index contributed by atoms with van der Waals surface area (Å²) >= 11 is 0. The van der Waals surface area contributed by atoms with Gasteiger partial charge in [0.15, 0.2) is 5.69 Å². The van der Waals surface area contributed by atoms with Crippen molar-refractivity contribution >= 4 is 5.91 Å². The van der Waals surface area contributed by atoms with Crippen LogP contribution in [0.25, 0.3) is 0 Å². The van der Waals surface area contributed by atoms with Crippen molar-refractivity contribution in [3.8, 4) is 0 Å². The zero-order valence-corrected chi connectivity index (χ0v) is 15.8. The van der Waals surface area contributed by atoms with Gasteiger partial charge in [-0.1, -0.05) is 37.3 Å². The summed E-state index contributed by atoms with van der Waals surface area (Å²) in [6.07, 6.45) is 5.91. The lowest BCUT2D eigenvalue weighted by atomic mass is 9.90. The minimum absolute atomic E-state index is 0.145. The first-order valence-electron chi connectivity index (χ1n) is 9.65. The number of oxazole rings is 1. The first-order chi connectivity index (χ1) is 12.6. The van der Waals surface area contributed by atoms with Gasteiger partial charge >= 0.3 is 0 Å².